The van der Waals surface area contributed by atoms with E-state index < -0.39 is 0 Å². The van der Waals surface area contributed by atoms with Crippen LogP contribution in [0.5, 0.6) is 11.5 Å². The molecule has 0 fully saturated rings. The van der Waals surface area contributed by atoms with Gasteiger partial charge in [-0.05, 0) is 62.7 Å². The lowest BCUT2D eigenvalue weighted by Gasteiger charge is -2.15. The quantitative estimate of drug-likeness (QED) is 0.580. The second-order valence-corrected chi connectivity index (χ2v) is 6.88. The minimum absolute atomic E-state index is 0.0654. The Morgan fingerprint density at radius 1 is 1.00 bits per heavy atom. The Balaban J connectivity index is 1.72. The standard InChI is InChI=1S/C23H25N3O3/c1-15(2)29-21-8-6-5-7-18(21)25-22-12-10-17(14-24-22)23(27)26-19-13-16(3)9-11-20(19)28-4/h5-15H,1-4H3,(H,24,25)(H,26,27). The number of hydrogen-bond acceptors (Lipinski definition) is 5. The number of nitrogens with one attached hydrogen (secondary N) is 2. The van der Waals surface area contributed by atoms with Crippen molar-refractivity contribution in [1.29, 1.82) is 0 Å². The van der Waals surface area contributed by atoms with Crippen molar-refractivity contribution in [3.8, 4) is 11.5 Å². The highest BCUT2D eigenvalue weighted by Crippen LogP contribution is 2.28. The van der Waals surface area contributed by atoms with Gasteiger partial charge in [-0.3, -0.25) is 4.79 Å². The molecule has 2 aromatic carbocycles. The summed E-state index contributed by atoms with van der Waals surface area (Å²) in [4.78, 5) is 16.9. The maximum Gasteiger partial charge on any atom is 0.257 e. The summed E-state index contributed by atoms with van der Waals surface area (Å²) in [6.45, 7) is 5.91. The van der Waals surface area contributed by atoms with E-state index in [9.17, 15) is 4.79 Å². The maximum atomic E-state index is 12.6. The van der Waals surface area contributed by atoms with Crippen molar-refractivity contribution >= 4 is 23.1 Å². The fraction of sp³-hybridized carbons (Fsp3) is 0.217. The second kappa shape index (κ2) is 9.10. The van der Waals surface area contributed by atoms with Crippen LogP contribution in [0, 0.1) is 6.92 Å². The minimum atomic E-state index is -0.253. The van der Waals surface area contributed by atoms with Crippen LogP contribution in [0.3, 0.4) is 0 Å². The molecule has 29 heavy (non-hydrogen) atoms. The predicted octanol–water partition coefficient (Wildman–Crippen LogP) is 5.18. The molecule has 6 nitrogen and oxygen atoms in total. The fourth-order valence-corrected chi connectivity index (χ4v) is 2.78. The number of ether oxygens (including phenoxy) is 2. The molecule has 1 heterocycles. The normalized spacial score (nSPS) is 10.5. The number of methoxy groups -OCH3 is 1. The van der Waals surface area contributed by atoms with Crippen LogP contribution in [0.15, 0.2) is 60.8 Å². The third kappa shape index (κ3) is 5.25. The highest BCUT2D eigenvalue weighted by atomic mass is 16.5. The van der Waals surface area contributed by atoms with Crippen LogP contribution < -0.4 is 20.1 Å². The van der Waals surface area contributed by atoms with Crippen LogP contribution in [-0.2, 0) is 0 Å². The van der Waals surface area contributed by atoms with E-state index in [-0.39, 0.29) is 12.0 Å². The molecule has 1 aromatic heterocycles. The number of nitrogens with zero attached hydrogens (tertiary/aromatic N) is 1. The smallest absolute Gasteiger partial charge is 0.257 e. The van der Waals surface area contributed by atoms with E-state index in [4.69, 9.17) is 9.47 Å². The number of anilines is 3. The highest BCUT2D eigenvalue weighted by Gasteiger charge is 2.11. The van der Waals surface area contributed by atoms with Gasteiger partial charge in [0.05, 0.1) is 30.2 Å². The lowest BCUT2D eigenvalue weighted by molar-refractivity contribution is 0.102. The number of pyridine rings is 1. The van der Waals surface area contributed by atoms with Gasteiger partial charge in [0.2, 0.25) is 0 Å². The molecule has 3 aromatic rings. The average molecular weight is 391 g/mol. The lowest BCUT2D eigenvalue weighted by atomic mass is 10.2. The SMILES string of the molecule is COc1ccc(C)cc1NC(=O)c1ccc(Nc2ccccc2OC(C)C)nc1. The van der Waals surface area contributed by atoms with Crippen molar-refractivity contribution in [1.82, 2.24) is 4.98 Å². The summed E-state index contributed by atoms with van der Waals surface area (Å²) in [7, 11) is 1.57. The number of aromatic nitrogens is 1. The first-order valence-electron chi connectivity index (χ1n) is 9.41. The fourth-order valence-electron chi connectivity index (χ4n) is 2.78. The minimum Gasteiger partial charge on any atom is -0.495 e. The summed E-state index contributed by atoms with van der Waals surface area (Å²) < 4.78 is 11.1. The van der Waals surface area contributed by atoms with Crippen LogP contribution in [0.25, 0.3) is 0 Å². The molecule has 0 bridgehead atoms. The first kappa shape index (κ1) is 20.2. The predicted molar refractivity (Wildman–Crippen MR) is 115 cm³/mol. The summed E-state index contributed by atoms with van der Waals surface area (Å²) in [5.74, 6) is 1.72. The van der Waals surface area contributed by atoms with Crippen molar-refractivity contribution < 1.29 is 14.3 Å². The third-order valence-corrected chi connectivity index (χ3v) is 4.14. The van der Waals surface area contributed by atoms with Gasteiger partial charge in [-0.25, -0.2) is 4.98 Å². The number of rotatable bonds is 7. The summed E-state index contributed by atoms with van der Waals surface area (Å²) in [5.41, 5.74) is 2.92. The molecule has 0 unspecified atom stereocenters. The average Bonchev–Trinajstić information content (AvgIpc) is 2.70. The van der Waals surface area contributed by atoms with Crippen LogP contribution in [0.2, 0.25) is 0 Å². The van der Waals surface area contributed by atoms with Crippen molar-refractivity contribution in [2.45, 2.75) is 26.9 Å². The van der Waals surface area contributed by atoms with Gasteiger partial charge in [0, 0.05) is 6.20 Å². The molecule has 0 saturated heterocycles. The number of hydrogen-bond donors (Lipinski definition) is 2. The van der Waals surface area contributed by atoms with Crippen LogP contribution >= 0.6 is 0 Å². The molecule has 1 amide bonds. The van der Waals surface area contributed by atoms with Crippen LogP contribution in [-0.4, -0.2) is 24.1 Å². The second-order valence-electron chi connectivity index (χ2n) is 6.88. The molecule has 2 N–H and O–H groups in total. The molecule has 0 aliphatic rings. The van der Waals surface area contributed by atoms with E-state index in [1.807, 2.05) is 63.2 Å². The maximum absolute atomic E-state index is 12.6. The monoisotopic (exact) mass is 391 g/mol. The van der Waals surface area contributed by atoms with Gasteiger partial charge >= 0.3 is 0 Å². The molecule has 0 atom stereocenters. The molecule has 0 radical (unpaired) electrons. The molecule has 3 rings (SSSR count). The first-order chi connectivity index (χ1) is 14.0. The molecule has 0 aliphatic carbocycles. The van der Waals surface area contributed by atoms with Crippen molar-refractivity contribution in [3.05, 3.63) is 71.9 Å². The van der Waals surface area contributed by atoms with Gasteiger partial charge < -0.3 is 20.1 Å². The zero-order chi connectivity index (χ0) is 20.8. The number of carbonyl (C=O) groups excluding carboxylic acids is 1. The van der Waals surface area contributed by atoms with Crippen molar-refractivity contribution in [2.75, 3.05) is 17.7 Å². The Kier molecular flexibility index (Phi) is 6.34. The number of benzene rings is 2. The van der Waals surface area contributed by atoms with E-state index >= 15 is 0 Å². The summed E-state index contributed by atoms with van der Waals surface area (Å²) in [6.07, 6.45) is 1.60. The Bertz CT molecular complexity index is 985. The largest absolute Gasteiger partial charge is 0.495 e. The van der Waals surface area contributed by atoms with E-state index in [0.29, 0.717) is 22.8 Å². The molecule has 0 spiro atoms. The Morgan fingerprint density at radius 2 is 1.79 bits per heavy atom. The number of carbonyl (C=O) groups is 1. The van der Waals surface area contributed by atoms with Gasteiger partial charge in [-0.2, -0.15) is 0 Å². The zero-order valence-corrected chi connectivity index (χ0v) is 17.0. The molecular formula is C23H25N3O3. The molecule has 0 saturated carbocycles. The van der Waals surface area contributed by atoms with Crippen LogP contribution in [0.4, 0.5) is 17.2 Å². The van der Waals surface area contributed by atoms with Gasteiger partial charge in [-0.1, -0.05) is 18.2 Å². The Hall–Kier alpha value is -3.54. The lowest BCUT2D eigenvalue weighted by Crippen LogP contribution is -2.13. The Morgan fingerprint density at radius 3 is 2.48 bits per heavy atom. The van der Waals surface area contributed by atoms with Crippen molar-refractivity contribution in [3.63, 3.8) is 0 Å². The number of amides is 1. The molecule has 0 aliphatic heterocycles. The number of para-hydroxylation sites is 2. The summed E-state index contributed by atoms with van der Waals surface area (Å²) in [6, 6.07) is 16.8. The van der Waals surface area contributed by atoms with E-state index in [1.54, 1.807) is 19.2 Å². The first-order valence-corrected chi connectivity index (χ1v) is 9.41. The van der Waals surface area contributed by atoms with Gasteiger partial charge in [0.25, 0.3) is 5.91 Å². The van der Waals surface area contributed by atoms with Crippen molar-refractivity contribution in [2.24, 2.45) is 0 Å². The number of aryl methyl sites for hydroxylation is 1. The summed E-state index contributed by atoms with van der Waals surface area (Å²) >= 11 is 0. The zero-order valence-electron chi connectivity index (χ0n) is 17.0. The topological polar surface area (TPSA) is 72.5 Å². The molecular weight excluding hydrogens is 366 g/mol. The Labute approximate surface area is 170 Å². The molecule has 6 heteroatoms. The van der Waals surface area contributed by atoms with Crippen LogP contribution in [0.1, 0.15) is 29.8 Å². The van der Waals surface area contributed by atoms with E-state index in [1.165, 1.54) is 6.20 Å². The molecule has 150 valence electrons. The van der Waals surface area contributed by atoms with Gasteiger partial charge in [-0.15, -0.1) is 0 Å². The highest BCUT2D eigenvalue weighted by molar-refractivity contribution is 6.05. The third-order valence-electron chi connectivity index (χ3n) is 4.14. The van der Waals surface area contributed by atoms with E-state index in [2.05, 4.69) is 15.6 Å². The van der Waals surface area contributed by atoms with Gasteiger partial charge in [0.1, 0.15) is 17.3 Å². The van der Waals surface area contributed by atoms with Gasteiger partial charge in [0.15, 0.2) is 0 Å². The van der Waals surface area contributed by atoms with E-state index in [0.717, 1.165) is 17.0 Å². The summed E-state index contributed by atoms with van der Waals surface area (Å²) in [5, 5.41) is 6.11.